The molecule has 0 aliphatic carbocycles. The highest BCUT2D eigenvalue weighted by Crippen LogP contribution is 2.29. The van der Waals surface area contributed by atoms with Crippen molar-refractivity contribution in [3.8, 4) is 0 Å². The lowest BCUT2D eigenvalue weighted by Crippen LogP contribution is -2.51. The van der Waals surface area contributed by atoms with E-state index in [0.717, 1.165) is 42.5 Å². The van der Waals surface area contributed by atoms with E-state index in [-0.39, 0.29) is 17.9 Å². The molecule has 1 amide bonds. The lowest BCUT2D eigenvalue weighted by atomic mass is 9.93. The summed E-state index contributed by atoms with van der Waals surface area (Å²) in [6.07, 6.45) is 0. The van der Waals surface area contributed by atoms with Crippen LogP contribution in [-0.4, -0.2) is 43.5 Å². The van der Waals surface area contributed by atoms with E-state index in [9.17, 15) is 4.79 Å². The van der Waals surface area contributed by atoms with Gasteiger partial charge in [-0.1, -0.05) is 35.3 Å². The molecule has 2 heterocycles. The number of halogens is 2. The van der Waals surface area contributed by atoms with Crippen molar-refractivity contribution in [3.63, 3.8) is 0 Å². The molecule has 0 bridgehead atoms. The lowest BCUT2D eigenvalue weighted by Gasteiger charge is -2.37. The first kappa shape index (κ1) is 18.6. The third kappa shape index (κ3) is 4.06. The first-order chi connectivity index (χ1) is 13.1. The Morgan fingerprint density at radius 1 is 0.963 bits per heavy atom. The molecule has 27 heavy (non-hydrogen) atoms. The van der Waals surface area contributed by atoms with Gasteiger partial charge in [-0.15, -0.1) is 0 Å². The predicted octanol–water partition coefficient (Wildman–Crippen LogP) is 3.11. The highest BCUT2D eigenvalue weighted by Gasteiger charge is 2.37. The van der Waals surface area contributed by atoms with Crippen LogP contribution >= 0.6 is 23.2 Å². The van der Waals surface area contributed by atoms with Gasteiger partial charge in [0.25, 0.3) is 0 Å². The first-order valence-corrected chi connectivity index (χ1v) is 9.90. The standard InChI is InChI=1S/C20H22Cl2N4O/c21-15-4-6-17(7-5-15)25-8-10-26(11-9-25)20(27)18-13-23-24-19(18)14-2-1-3-16(22)12-14/h1-7,12,18-19,23-24H,8-11,13H2. The van der Waals surface area contributed by atoms with Crippen LogP contribution in [0.3, 0.4) is 0 Å². The predicted molar refractivity (Wildman–Crippen MR) is 109 cm³/mol. The Labute approximate surface area is 169 Å². The van der Waals surface area contributed by atoms with E-state index in [4.69, 9.17) is 23.2 Å². The second-order valence-electron chi connectivity index (χ2n) is 6.95. The van der Waals surface area contributed by atoms with Gasteiger partial charge in [-0.25, -0.2) is 5.43 Å². The fourth-order valence-corrected chi connectivity index (χ4v) is 4.14. The number of hydrazine groups is 1. The zero-order valence-corrected chi connectivity index (χ0v) is 16.4. The van der Waals surface area contributed by atoms with Crippen molar-refractivity contribution in [3.05, 3.63) is 64.1 Å². The average Bonchev–Trinajstić information content (AvgIpc) is 3.18. The molecule has 2 fully saturated rings. The number of nitrogens with zero attached hydrogens (tertiary/aromatic N) is 2. The summed E-state index contributed by atoms with van der Waals surface area (Å²) in [6, 6.07) is 15.5. The van der Waals surface area contributed by atoms with Crippen LogP contribution in [0.15, 0.2) is 48.5 Å². The molecule has 2 N–H and O–H groups in total. The first-order valence-electron chi connectivity index (χ1n) is 9.15. The van der Waals surface area contributed by atoms with Crippen LogP contribution in [0.25, 0.3) is 0 Å². The lowest BCUT2D eigenvalue weighted by molar-refractivity contribution is -0.135. The van der Waals surface area contributed by atoms with Crippen molar-refractivity contribution in [2.75, 3.05) is 37.6 Å². The number of benzene rings is 2. The Hall–Kier alpha value is -1.79. The van der Waals surface area contributed by atoms with Gasteiger partial charge >= 0.3 is 0 Å². The number of piperazine rings is 1. The number of amides is 1. The number of anilines is 1. The van der Waals surface area contributed by atoms with Gasteiger partial charge in [0, 0.05) is 48.5 Å². The van der Waals surface area contributed by atoms with Gasteiger partial charge in [0.1, 0.15) is 0 Å². The molecule has 4 rings (SSSR count). The largest absolute Gasteiger partial charge is 0.368 e. The second kappa shape index (κ2) is 8.07. The quantitative estimate of drug-likeness (QED) is 0.824. The van der Waals surface area contributed by atoms with E-state index in [1.54, 1.807) is 0 Å². The van der Waals surface area contributed by atoms with Crippen molar-refractivity contribution < 1.29 is 4.79 Å². The van der Waals surface area contributed by atoms with E-state index < -0.39 is 0 Å². The highest BCUT2D eigenvalue weighted by molar-refractivity contribution is 6.30. The van der Waals surface area contributed by atoms with Crippen molar-refractivity contribution in [2.24, 2.45) is 5.92 Å². The Morgan fingerprint density at radius 3 is 2.41 bits per heavy atom. The molecule has 7 heteroatoms. The van der Waals surface area contributed by atoms with Gasteiger partial charge in [-0.2, -0.15) is 0 Å². The molecule has 5 nitrogen and oxygen atoms in total. The smallest absolute Gasteiger partial charge is 0.229 e. The van der Waals surface area contributed by atoms with Crippen molar-refractivity contribution >= 4 is 34.8 Å². The molecule has 2 unspecified atom stereocenters. The second-order valence-corrected chi connectivity index (χ2v) is 7.83. The maximum atomic E-state index is 13.1. The van der Waals surface area contributed by atoms with E-state index in [0.29, 0.717) is 11.6 Å². The van der Waals surface area contributed by atoms with Crippen LogP contribution in [0.1, 0.15) is 11.6 Å². The molecule has 142 valence electrons. The number of carbonyl (C=O) groups is 1. The topological polar surface area (TPSA) is 47.6 Å². The number of hydrogen-bond acceptors (Lipinski definition) is 4. The van der Waals surface area contributed by atoms with Crippen LogP contribution in [-0.2, 0) is 4.79 Å². The van der Waals surface area contributed by atoms with Crippen LogP contribution in [0, 0.1) is 5.92 Å². The molecule has 2 saturated heterocycles. The molecule has 2 aliphatic heterocycles. The Morgan fingerprint density at radius 2 is 1.70 bits per heavy atom. The molecular formula is C20H22Cl2N4O. The number of carbonyl (C=O) groups excluding carboxylic acids is 1. The molecule has 0 radical (unpaired) electrons. The molecule has 2 aromatic carbocycles. The summed E-state index contributed by atoms with van der Waals surface area (Å²) in [5, 5.41) is 1.42. The zero-order chi connectivity index (χ0) is 18.8. The summed E-state index contributed by atoms with van der Waals surface area (Å²) in [7, 11) is 0. The van der Waals surface area contributed by atoms with Crippen LogP contribution in [0.4, 0.5) is 5.69 Å². The zero-order valence-electron chi connectivity index (χ0n) is 14.9. The van der Waals surface area contributed by atoms with E-state index >= 15 is 0 Å². The van der Waals surface area contributed by atoms with Crippen LogP contribution < -0.4 is 15.8 Å². The number of nitrogens with one attached hydrogen (secondary N) is 2. The Balaban J connectivity index is 1.40. The van der Waals surface area contributed by atoms with Gasteiger partial charge < -0.3 is 9.80 Å². The third-order valence-electron chi connectivity index (χ3n) is 5.29. The summed E-state index contributed by atoms with van der Waals surface area (Å²) in [6.45, 7) is 3.71. The minimum Gasteiger partial charge on any atom is -0.368 e. The fourth-order valence-electron chi connectivity index (χ4n) is 3.81. The van der Waals surface area contributed by atoms with Gasteiger partial charge in [0.05, 0.1) is 12.0 Å². The van der Waals surface area contributed by atoms with Gasteiger partial charge in [0.2, 0.25) is 5.91 Å². The molecule has 0 spiro atoms. The van der Waals surface area contributed by atoms with Gasteiger partial charge in [-0.3, -0.25) is 10.2 Å². The van der Waals surface area contributed by atoms with E-state index in [1.807, 2.05) is 53.4 Å². The van der Waals surface area contributed by atoms with Gasteiger partial charge in [0.15, 0.2) is 0 Å². The SMILES string of the molecule is O=C(C1CNNC1c1cccc(Cl)c1)N1CCN(c2ccc(Cl)cc2)CC1. The maximum Gasteiger partial charge on any atom is 0.229 e. The van der Waals surface area contributed by atoms with Crippen molar-refractivity contribution in [1.82, 2.24) is 15.8 Å². The average molecular weight is 405 g/mol. The monoisotopic (exact) mass is 404 g/mol. The number of hydrogen-bond donors (Lipinski definition) is 2. The van der Waals surface area contributed by atoms with Crippen molar-refractivity contribution in [2.45, 2.75) is 6.04 Å². The molecule has 0 saturated carbocycles. The normalized spacial score (nSPS) is 22.9. The maximum absolute atomic E-state index is 13.1. The molecule has 0 aromatic heterocycles. The highest BCUT2D eigenvalue weighted by atomic mass is 35.5. The molecule has 2 aromatic rings. The van der Waals surface area contributed by atoms with Crippen molar-refractivity contribution in [1.29, 1.82) is 0 Å². The summed E-state index contributed by atoms with van der Waals surface area (Å²) in [5.74, 6) is 0.0544. The molecule has 2 aliphatic rings. The summed E-state index contributed by atoms with van der Waals surface area (Å²) >= 11 is 12.1. The molecule has 2 atom stereocenters. The Kier molecular flexibility index (Phi) is 5.55. The summed E-state index contributed by atoms with van der Waals surface area (Å²) in [4.78, 5) is 17.4. The fraction of sp³-hybridized carbons (Fsp3) is 0.350. The van der Waals surface area contributed by atoms with Crippen LogP contribution in [0.5, 0.6) is 0 Å². The Bertz CT molecular complexity index is 806. The summed E-state index contributed by atoms with van der Waals surface area (Å²) in [5.41, 5.74) is 8.55. The summed E-state index contributed by atoms with van der Waals surface area (Å²) < 4.78 is 0. The molecular weight excluding hydrogens is 383 g/mol. The number of rotatable bonds is 3. The van der Waals surface area contributed by atoms with Crippen LogP contribution in [0.2, 0.25) is 10.0 Å². The minimum absolute atomic E-state index is 0.0644. The minimum atomic E-state index is -0.134. The van der Waals surface area contributed by atoms with Gasteiger partial charge in [-0.05, 0) is 42.0 Å². The van der Waals surface area contributed by atoms with E-state index in [2.05, 4.69) is 15.8 Å². The van der Waals surface area contributed by atoms with E-state index in [1.165, 1.54) is 0 Å². The third-order valence-corrected chi connectivity index (χ3v) is 5.78.